The Morgan fingerprint density at radius 2 is 2.00 bits per heavy atom. The Hall–Kier alpha value is -2.06. The summed E-state index contributed by atoms with van der Waals surface area (Å²) >= 11 is 7.04. The van der Waals surface area contributed by atoms with E-state index in [9.17, 15) is 9.59 Å². The largest absolute Gasteiger partial charge is 0.368 e. The fourth-order valence-electron chi connectivity index (χ4n) is 2.22. The lowest BCUT2D eigenvalue weighted by atomic mass is 10.3. The minimum Gasteiger partial charge on any atom is -0.368 e. The van der Waals surface area contributed by atoms with Crippen LogP contribution in [-0.4, -0.2) is 32.3 Å². The minimum atomic E-state index is -0.454. The molecule has 2 amide bonds. The maximum absolute atomic E-state index is 12.0. The van der Waals surface area contributed by atoms with Gasteiger partial charge in [0.1, 0.15) is 12.4 Å². The van der Waals surface area contributed by atoms with Gasteiger partial charge in [-0.25, -0.2) is 0 Å². The number of carbonyl (C=O) groups is 2. The van der Waals surface area contributed by atoms with Crippen LogP contribution in [-0.2, 0) is 16.1 Å². The lowest BCUT2D eigenvalue weighted by molar-refractivity contribution is -0.118. The highest BCUT2D eigenvalue weighted by Gasteiger charge is 2.30. The molecule has 0 spiro atoms. The van der Waals surface area contributed by atoms with Crippen molar-refractivity contribution in [3.8, 4) is 0 Å². The summed E-state index contributed by atoms with van der Waals surface area (Å²) in [5, 5.41) is 12.1. The van der Waals surface area contributed by atoms with E-state index in [0.717, 1.165) is 18.7 Å². The first-order chi connectivity index (χ1) is 11.5. The number of anilines is 1. The molecule has 0 unspecified atom stereocenters. The molecule has 3 N–H and O–H groups in total. The Morgan fingerprint density at radius 1 is 1.29 bits per heavy atom. The lowest BCUT2D eigenvalue weighted by Crippen LogP contribution is -2.21. The summed E-state index contributed by atoms with van der Waals surface area (Å²) in [5.74, 6) is 0.640. The zero-order valence-electron chi connectivity index (χ0n) is 12.7. The number of carbonyl (C=O) groups excluding carboxylic acids is 2. The van der Waals surface area contributed by atoms with Crippen LogP contribution in [0.4, 0.5) is 5.69 Å². The molecule has 1 fully saturated rings. The van der Waals surface area contributed by atoms with Gasteiger partial charge in [0, 0.05) is 16.6 Å². The molecule has 1 aliphatic carbocycles. The molecule has 9 heteroatoms. The van der Waals surface area contributed by atoms with Crippen LogP contribution in [0.3, 0.4) is 0 Å². The molecule has 126 valence electrons. The highest BCUT2D eigenvalue weighted by Crippen LogP contribution is 2.39. The highest BCUT2D eigenvalue weighted by atomic mass is 35.5. The number of primary amides is 1. The molecular formula is C15H16ClN5O2S. The van der Waals surface area contributed by atoms with Gasteiger partial charge in [-0.3, -0.25) is 14.2 Å². The van der Waals surface area contributed by atoms with Crippen LogP contribution in [0, 0.1) is 0 Å². The molecule has 0 aliphatic heterocycles. The van der Waals surface area contributed by atoms with E-state index in [1.54, 1.807) is 28.8 Å². The fraction of sp³-hybridized carbons (Fsp3) is 0.333. The van der Waals surface area contributed by atoms with E-state index in [-0.39, 0.29) is 18.2 Å². The predicted molar refractivity (Wildman–Crippen MR) is 92.0 cm³/mol. The van der Waals surface area contributed by atoms with E-state index in [1.165, 1.54) is 11.8 Å². The summed E-state index contributed by atoms with van der Waals surface area (Å²) in [7, 11) is 0. The maximum Gasteiger partial charge on any atom is 0.237 e. The van der Waals surface area contributed by atoms with Gasteiger partial charge in [-0.2, -0.15) is 0 Å². The Morgan fingerprint density at radius 3 is 2.62 bits per heavy atom. The molecule has 1 heterocycles. The molecule has 2 aromatic rings. The van der Waals surface area contributed by atoms with Crippen LogP contribution in [0.2, 0.25) is 5.02 Å². The fourth-order valence-corrected chi connectivity index (χ4v) is 3.09. The molecule has 1 aromatic heterocycles. The Kier molecular flexibility index (Phi) is 5.06. The Bertz CT molecular complexity index is 758. The SMILES string of the molecule is NC(=O)Cn1c(SCC(=O)Nc2ccc(Cl)cc2)nnc1C1CC1. The number of rotatable bonds is 7. The highest BCUT2D eigenvalue weighted by molar-refractivity contribution is 7.99. The maximum atomic E-state index is 12.0. The minimum absolute atomic E-state index is 0.0277. The number of thioether (sulfide) groups is 1. The van der Waals surface area contributed by atoms with Gasteiger partial charge in [0.25, 0.3) is 0 Å². The number of halogens is 1. The van der Waals surface area contributed by atoms with Crippen LogP contribution in [0.25, 0.3) is 0 Å². The van der Waals surface area contributed by atoms with Crippen molar-refractivity contribution >= 4 is 40.9 Å². The number of nitrogens with zero attached hydrogens (tertiary/aromatic N) is 3. The van der Waals surface area contributed by atoms with Crippen molar-refractivity contribution in [1.29, 1.82) is 0 Å². The molecule has 1 aromatic carbocycles. The summed E-state index contributed by atoms with van der Waals surface area (Å²) in [4.78, 5) is 23.3. The van der Waals surface area contributed by atoms with E-state index in [1.807, 2.05) is 0 Å². The number of hydrogen-bond donors (Lipinski definition) is 2. The van der Waals surface area contributed by atoms with E-state index in [4.69, 9.17) is 17.3 Å². The molecule has 0 saturated heterocycles. The molecule has 0 atom stereocenters. The van der Waals surface area contributed by atoms with Gasteiger partial charge in [0.15, 0.2) is 5.16 Å². The predicted octanol–water partition coefficient (Wildman–Crippen LogP) is 2.02. The van der Waals surface area contributed by atoms with Gasteiger partial charge >= 0.3 is 0 Å². The first kappa shape index (κ1) is 16.8. The van der Waals surface area contributed by atoms with Crippen molar-refractivity contribution in [2.75, 3.05) is 11.1 Å². The van der Waals surface area contributed by atoms with Crippen LogP contribution < -0.4 is 11.1 Å². The van der Waals surface area contributed by atoms with Gasteiger partial charge in [-0.15, -0.1) is 10.2 Å². The second kappa shape index (κ2) is 7.23. The third-order valence-corrected chi connectivity index (χ3v) is 4.68. The summed E-state index contributed by atoms with van der Waals surface area (Å²) in [6.07, 6.45) is 2.08. The van der Waals surface area contributed by atoms with Gasteiger partial charge in [0.05, 0.1) is 5.75 Å². The summed E-state index contributed by atoms with van der Waals surface area (Å²) < 4.78 is 1.71. The Balaban J connectivity index is 1.62. The average molecular weight is 366 g/mol. The van der Waals surface area contributed by atoms with Crippen molar-refractivity contribution in [3.05, 3.63) is 35.1 Å². The van der Waals surface area contributed by atoms with Gasteiger partial charge in [-0.05, 0) is 37.1 Å². The number of amides is 2. The van der Waals surface area contributed by atoms with Crippen molar-refractivity contribution in [2.24, 2.45) is 5.73 Å². The van der Waals surface area contributed by atoms with Gasteiger partial charge in [-0.1, -0.05) is 23.4 Å². The zero-order chi connectivity index (χ0) is 17.1. The molecule has 24 heavy (non-hydrogen) atoms. The number of aromatic nitrogens is 3. The molecule has 0 radical (unpaired) electrons. The van der Waals surface area contributed by atoms with Crippen molar-refractivity contribution in [3.63, 3.8) is 0 Å². The van der Waals surface area contributed by atoms with Crippen LogP contribution >= 0.6 is 23.4 Å². The van der Waals surface area contributed by atoms with Gasteiger partial charge < -0.3 is 11.1 Å². The summed E-state index contributed by atoms with van der Waals surface area (Å²) in [5.41, 5.74) is 5.97. The Labute approximate surface area is 148 Å². The number of nitrogens with one attached hydrogen (secondary N) is 1. The molecule has 0 bridgehead atoms. The second-order valence-corrected chi connectivity index (χ2v) is 6.89. The third kappa shape index (κ3) is 4.27. The first-order valence-electron chi connectivity index (χ1n) is 7.42. The normalized spacial score (nSPS) is 13.7. The number of benzene rings is 1. The van der Waals surface area contributed by atoms with Crippen molar-refractivity contribution < 1.29 is 9.59 Å². The zero-order valence-corrected chi connectivity index (χ0v) is 14.3. The topological polar surface area (TPSA) is 103 Å². The standard InChI is InChI=1S/C15H16ClN5O2S/c16-10-3-5-11(6-4-10)18-13(23)8-24-15-20-19-14(9-1-2-9)21(15)7-12(17)22/h3-6,9H,1-2,7-8H2,(H2,17,22)(H,18,23). The van der Waals surface area contributed by atoms with Crippen LogP contribution in [0.5, 0.6) is 0 Å². The van der Waals surface area contributed by atoms with E-state index in [0.29, 0.717) is 21.8 Å². The molecule has 1 aliphatic rings. The molecule has 7 nitrogen and oxygen atoms in total. The smallest absolute Gasteiger partial charge is 0.237 e. The number of nitrogens with two attached hydrogens (primary N) is 1. The quantitative estimate of drug-likeness (QED) is 0.731. The molecular weight excluding hydrogens is 350 g/mol. The number of hydrogen-bond acceptors (Lipinski definition) is 5. The summed E-state index contributed by atoms with van der Waals surface area (Å²) in [6, 6.07) is 6.86. The van der Waals surface area contributed by atoms with Crippen molar-refractivity contribution in [1.82, 2.24) is 14.8 Å². The second-order valence-electron chi connectivity index (χ2n) is 5.51. The first-order valence-corrected chi connectivity index (χ1v) is 8.79. The van der Waals surface area contributed by atoms with E-state index >= 15 is 0 Å². The van der Waals surface area contributed by atoms with E-state index in [2.05, 4.69) is 15.5 Å². The van der Waals surface area contributed by atoms with Crippen molar-refractivity contribution in [2.45, 2.75) is 30.5 Å². The average Bonchev–Trinajstić information content (AvgIpc) is 3.30. The van der Waals surface area contributed by atoms with E-state index < -0.39 is 5.91 Å². The molecule has 3 rings (SSSR count). The summed E-state index contributed by atoms with van der Waals surface area (Å²) in [6.45, 7) is 0.0277. The van der Waals surface area contributed by atoms with Gasteiger partial charge in [0.2, 0.25) is 11.8 Å². The molecule has 1 saturated carbocycles. The lowest BCUT2D eigenvalue weighted by Gasteiger charge is -2.08. The van der Waals surface area contributed by atoms with Crippen LogP contribution in [0.1, 0.15) is 24.6 Å². The third-order valence-electron chi connectivity index (χ3n) is 3.46. The van der Waals surface area contributed by atoms with Crippen LogP contribution in [0.15, 0.2) is 29.4 Å². The monoisotopic (exact) mass is 365 g/mol.